The van der Waals surface area contributed by atoms with Crippen LogP contribution in [0.2, 0.25) is 0 Å². The van der Waals surface area contributed by atoms with E-state index in [1.165, 1.54) is 11.1 Å². The molecule has 0 aliphatic rings. The Morgan fingerprint density at radius 2 is 1.60 bits per heavy atom. The minimum absolute atomic E-state index is 0.0257. The first-order valence-electron chi connectivity index (χ1n) is 10.2. The molecule has 0 radical (unpaired) electrons. The predicted molar refractivity (Wildman–Crippen MR) is 129 cm³/mol. The molecule has 2 rings (SSSR count). The Balaban J connectivity index is 2.04. The number of nitrogens with zero attached hydrogens (tertiary/aromatic N) is 1. The molecule has 1 atom stereocenters. The summed E-state index contributed by atoms with van der Waals surface area (Å²) in [6.45, 7) is 8.98. The molecule has 0 aromatic heterocycles. The molecule has 0 heterocycles. The smallest absolute Gasteiger partial charge is 0.242 e. The average molecular weight is 491 g/mol. The number of benzene rings is 2. The van der Waals surface area contributed by atoms with Crippen LogP contribution in [0, 0.1) is 12.8 Å². The van der Waals surface area contributed by atoms with Gasteiger partial charge < -0.3 is 10.2 Å². The van der Waals surface area contributed by atoms with Gasteiger partial charge >= 0.3 is 0 Å². The zero-order chi connectivity index (χ0) is 22.1. The molecule has 2 aromatic carbocycles. The van der Waals surface area contributed by atoms with Crippen LogP contribution in [0.5, 0.6) is 0 Å². The number of hydrogen-bond acceptors (Lipinski definition) is 3. The number of hydrogen-bond donors (Lipinski definition) is 1. The fraction of sp³-hybridized carbons (Fsp3) is 0.417. The molecule has 30 heavy (non-hydrogen) atoms. The van der Waals surface area contributed by atoms with Crippen molar-refractivity contribution in [2.45, 2.75) is 46.0 Å². The average Bonchev–Trinajstić information content (AvgIpc) is 2.72. The summed E-state index contributed by atoms with van der Waals surface area (Å²) in [6, 6.07) is 15.7. The van der Waals surface area contributed by atoms with Crippen molar-refractivity contribution in [3.8, 4) is 0 Å². The largest absolute Gasteiger partial charge is 0.354 e. The quantitative estimate of drug-likeness (QED) is 0.498. The third kappa shape index (κ3) is 8.15. The second kappa shape index (κ2) is 12.2. The maximum absolute atomic E-state index is 13.1. The third-order valence-corrected chi connectivity index (χ3v) is 6.25. The van der Waals surface area contributed by atoms with Gasteiger partial charge in [0.05, 0.1) is 5.75 Å². The van der Waals surface area contributed by atoms with Crippen molar-refractivity contribution >= 4 is 39.5 Å². The Hall–Kier alpha value is -1.79. The fourth-order valence-electron chi connectivity index (χ4n) is 2.84. The summed E-state index contributed by atoms with van der Waals surface area (Å²) in [4.78, 5) is 27.4. The van der Waals surface area contributed by atoms with E-state index in [2.05, 4.69) is 66.3 Å². The van der Waals surface area contributed by atoms with Crippen LogP contribution >= 0.6 is 27.7 Å². The second-order valence-electron chi connectivity index (χ2n) is 7.94. The molecule has 0 fully saturated rings. The summed E-state index contributed by atoms with van der Waals surface area (Å²) in [5, 5.41) is 2.95. The highest BCUT2D eigenvalue weighted by atomic mass is 79.9. The van der Waals surface area contributed by atoms with E-state index in [1.807, 2.05) is 24.3 Å². The SMILES string of the molecule is Cc1ccc(CSCC(=O)N(Cc2ccc(Br)cc2)C(C)C(=O)NCC(C)C)cc1. The summed E-state index contributed by atoms with van der Waals surface area (Å²) >= 11 is 5.02. The van der Waals surface area contributed by atoms with E-state index in [4.69, 9.17) is 0 Å². The first-order valence-corrected chi connectivity index (χ1v) is 12.2. The monoisotopic (exact) mass is 490 g/mol. The number of nitrogens with one attached hydrogen (secondary N) is 1. The lowest BCUT2D eigenvalue weighted by molar-refractivity contribution is -0.138. The standard InChI is InChI=1S/C24H31BrN2O2S/c1-17(2)13-26-24(29)19(4)27(14-20-9-11-22(25)12-10-20)23(28)16-30-15-21-7-5-18(3)6-8-21/h5-12,17,19H,13-16H2,1-4H3,(H,26,29). The van der Waals surface area contributed by atoms with E-state index >= 15 is 0 Å². The van der Waals surface area contributed by atoms with Crippen molar-refractivity contribution in [3.63, 3.8) is 0 Å². The topological polar surface area (TPSA) is 49.4 Å². The maximum atomic E-state index is 13.1. The van der Waals surface area contributed by atoms with Gasteiger partial charge in [-0.2, -0.15) is 0 Å². The van der Waals surface area contributed by atoms with Crippen LogP contribution in [0.1, 0.15) is 37.5 Å². The lowest BCUT2D eigenvalue weighted by Gasteiger charge is -2.29. The second-order valence-corrected chi connectivity index (χ2v) is 9.84. The van der Waals surface area contributed by atoms with E-state index in [0.717, 1.165) is 15.8 Å². The van der Waals surface area contributed by atoms with Gasteiger partial charge in [-0.3, -0.25) is 9.59 Å². The van der Waals surface area contributed by atoms with Crippen LogP contribution in [-0.2, 0) is 21.9 Å². The van der Waals surface area contributed by atoms with Crippen LogP contribution < -0.4 is 5.32 Å². The zero-order valence-corrected chi connectivity index (χ0v) is 20.6. The Morgan fingerprint density at radius 1 is 1.00 bits per heavy atom. The first-order chi connectivity index (χ1) is 14.3. The Kier molecular flexibility index (Phi) is 9.92. The molecule has 1 N–H and O–H groups in total. The van der Waals surface area contributed by atoms with Gasteiger partial charge in [0, 0.05) is 23.3 Å². The highest BCUT2D eigenvalue weighted by Crippen LogP contribution is 2.18. The molecule has 162 valence electrons. The third-order valence-electron chi connectivity index (χ3n) is 4.73. The van der Waals surface area contributed by atoms with Crippen molar-refractivity contribution < 1.29 is 9.59 Å². The number of aryl methyl sites for hydroxylation is 1. The van der Waals surface area contributed by atoms with Gasteiger partial charge in [-0.15, -0.1) is 11.8 Å². The predicted octanol–water partition coefficient (Wildman–Crippen LogP) is 5.18. The molecule has 2 aromatic rings. The van der Waals surface area contributed by atoms with Crippen molar-refractivity contribution in [2.75, 3.05) is 12.3 Å². The van der Waals surface area contributed by atoms with Gasteiger partial charge in [0.2, 0.25) is 11.8 Å². The van der Waals surface area contributed by atoms with Crippen molar-refractivity contribution in [3.05, 3.63) is 69.7 Å². The molecule has 0 saturated heterocycles. The van der Waals surface area contributed by atoms with E-state index in [1.54, 1.807) is 23.6 Å². The van der Waals surface area contributed by atoms with Crippen molar-refractivity contribution in [1.29, 1.82) is 0 Å². The summed E-state index contributed by atoms with van der Waals surface area (Å²) in [6.07, 6.45) is 0. The summed E-state index contributed by atoms with van der Waals surface area (Å²) in [5.41, 5.74) is 3.42. The molecule has 0 spiro atoms. The number of amides is 2. The summed E-state index contributed by atoms with van der Waals surface area (Å²) in [5.74, 6) is 1.33. The molecule has 6 heteroatoms. The van der Waals surface area contributed by atoms with E-state index in [0.29, 0.717) is 24.8 Å². The minimum Gasteiger partial charge on any atom is -0.354 e. The first kappa shape index (κ1) is 24.5. The van der Waals surface area contributed by atoms with Crippen LogP contribution in [0.3, 0.4) is 0 Å². The fourth-order valence-corrected chi connectivity index (χ4v) is 3.98. The summed E-state index contributed by atoms with van der Waals surface area (Å²) in [7, 11) is 0. The number of carbonyl (C=O) groups excluding carboxylic acids is 2. The molecule has 4 nitrogen and oxygen atoms in total. The van der Waals surface area contributed by atoms with Gasteiger partial charge in [0.1, 0.15) is 6.04 Å². The highest BCUT2D eigenvalue weighted by Gasteiger charge is 2.26. The molecular weight excluding hydrogens is 460 g/mol. The van der Waals surface area contributed by atoms with Gasteiger partial charge in [-0.25, -0.2) is 0 Å². The molecule has 1 unspecified atom stereocenters. The molecule has 0 saturated carbocycles. The lowest BCUT2D eigenvalue weighted by atomic mass is 10.1. The normalized spacial score (nSPS) is 11.9. The maximum Gasteiger partial charge on any atom is 0.242 e. The van der Waals surface area contributed by atoms with Gasteiger partial charge in [-0.1, -0.05) is 71.7 Å². The zero-order valence-electron chi connectivity index (χ0n) is 18.2. The van der Waals surface area contributed by atoms with Crippen molar-refractivity contribution in [2.24, 2.45) is 5.92 Å². The number of thioether (sulfide) groups is 1. The number of halogens is 1. The van der Waals surface area contributed by atoms with E-state index in [9.17, 15) is 9.59 Å². The Bertz CT molecular complexity index is 822. The van der Waals surface area contributed by atoms with E-state index < -0.39 is 6.04 Å². The minimum atomic E-state index is -0.528. The molecule has 0 aliphatic heterocycles. The van der Waals surface area contributed by atoms with E-state index in [-0.39, 0.29) is 11.8 Å². The van der Waals surface area contributed by atoms with Gasteiger partial charge in [0.15, 0.2) is 0 Å². The summed E-state index contributed by atoms with van der Waals surface area (Å²) < 4.78 is 0.987. The Morgan fingerprint density at radius 3 is 2.20 bits per heavy atom. The number of carbonyl (C=O) groups is 2. The Labute approximate surface area is 192 Å². The number of rotatable bonds is 10. The van der Waals surface area contributed by atoms with Gasteiger partial charge in [-0.05, 0) is 43.0 Å². The molecular formula is C24H31BrN2O2S. The molecule has 2 amide bonds. The highest BCUT2D eigenvalue weighted by molar-refractivity contribution is 9.10. The van der Waals surface area contributed by atoms with Crippen LogP contribution in [0.25, 0.3) is 0 Å². The van der Waals surface area contributed by atoms with Crippen LogP contribution in [0.15, 0.2) is 53.0 Å². The molecule has 0 aliphatic carbocycles. The van der Waals surface area contributed by atoms with Crippen LogP contribution in [-0.4, -0.2) is 35.1 Å². The van der Waals surface area contributed by atoms with Gasteiger partial charge in [0.25, 0.3) is 0 Å². The van der Waals surface area contributed by atoms with Crippen LogP contribution in [0.4, 0.5) is 0 Å². The lowest BCUT2D eigenvalue weighted by Crippen LogP contribution is -2.48. The van der Waals surface area contributed by atoms with Crippen molar-refractivity contribution in [1.82, 2.24) is 10.2 Å². The molecule has 0 bridgehead atoms.